The highest BCUT2D eigenvalue weighted by molar-refractivity contribution is 5.82. The van der Waals surface area contributed by atoms with Gasteiger partial charge in [-0.05, 0) is 19.8 Å². The molecule has 62 valence electrons. The molecule has 1 aliphatic rings. The lowest BCUT2D eigenvalue weighted by Gasteiger charge is -2.32. The number of rotatable bonds is 2. The monoisotopic (exact) mass is 155 g/mol. The smallest absolute Gasteiger partial charge is 0.330 e. The van der Waals surface area contributed by atoms with Gasteiger partial charge >= 0.3 is 5.97 Å². The topological polar surface area (TPSA) is 52.3 Å². The molecule has 0 aromatic rings. The lowest BCUT2D eigenvalue weighted by atomic mass is 9.90. The minimum absolute atomic E-state index is 0.0429. The van der Waals surface area contributed by atoms with Gasteiger partial charge < -0.3 is 10.5 Å². The number of ether oxygens (including phenoxy) is 1. The van der Waals surface area contributed by atoms with Crippen LogP contribution < -0.4 is 5.73 Å². The number of allylic oxidation sites excluding steroid dienone is 1. The second-order valence-corrected chi connectivity index (χ2v) is 2.72. The van der Waals surface area contributed by atoms with E-state index in [-0.39, 0.29) is 18.1 Å². The predicted molar refractivity (Wildman–Crippen MR) is 41.9 cm³/mol. The molecular formula is C8H13NO2. The lowest BCUT2D eigenvalue weighted by molar-refractivity contribution is -0.148. The Morgan fingerprint density at radius 2 is 2.36 bits per heavy atom. The van der Waals surface area contributed by atoms with E-state index in [9.17, 15) is 4.79 Å². The molecule has 2 atom stereocenters. The molecule has 1 aliphatic carbocycles. The fourth-order valence-corrected chi connectivity index (χ4v) is 0.966. The molecule has 0 aliphatic heterocycles. The molecule has 11 heavy (non-hydrogen) atoms. The molecule has 0 amide bonds. The van der Waals surface area contributed by atoms with Gasteiger partial charge in [0.25, 0.3) is 0 Å². The molecule has 3 heteroatoms. The van der Waals surface area contributed by atoms with Crippen LogP contribution in [0.4, 0.5) is 0 Å². The zero-order valence-corrected chi connectivity index (χ0v) is 6.62. The van der Waals surface area contributed by atoms with E-state index in [1.165, 1.54) is 6.08 Å². The fourth-order valence-electron chi connectivity index (χ4n) is 0.966. The van der Waals surface area contributed by atoms with Crippen LogP contribution in [-0.2, 0) is 9.53 Å². The fraction of sp³-hybridized carbons (Fsp3) is 0.625. The summed E-state index contributed by atoms with van der Waals surface area (Å²) in [5.74, 6) is -0.285. The van der Waals surface area contributed by atoms with Gasteiger partial charge in [0.05, 0.1) is 0 Å². The van der Waals surface area contributed by atoms with Crippen molar-refractivity contribution in [3.05, 3.63) is 12.2 Å². The Kier molecular flexibility index (Phi) is 2.65. The van der Waals surface area contributed by atoms with Crippen molar-refractivity contribution in [1.82, 2.24) is 0 Å². The molecule has 0 aromatic carbocycles. The van der Waals surface area contributed by atoms with Gasteiger partial charge in [-0.15, -0.1) is 0 Å². The van der Waals surface area contributed by atoms with Gasteiger partial charge in [-0.1, -0.05) is 6.08 Å². The Morgan fingerprint density at radius 3 is 2.73 bits per heavy atom. The van der Waals surface area contributed by atoms with Crippen molar-refractivity contribution in [1.29, 1.82) is 0 Å². The number of hydrogen-bond donors (Lipinski definition) is 1. The van der Waals surface area contributed by atoms with E-state index in [1.54, 1.807) is 13.0 Å². The molecule has 1 saturated carbocycles. The minimum atomic E-state index is -0.285. The van der Waals surface area contributed by atoms with Gasteiger partial charge in [0.1, 0.15) is 6.10 Å². The first-order valence-corrected chi connectivity index (χ1v) is 3.83. The summed E-state index contributed by atoms with van der Waals surface area (Å²) < 4.78 is 4.99. The zero-order valence-electron chi connectivity index (χ0n) is 6.62. The van der Waals surface area contributed by atoms with E-state index in [1.807, 2.05) is 0 Å². The Hall–Kier alpha value is -0.830. The summed E-state index contributed by atoms with van der Waals surface area (Å²) in [5, 5.41) is 0. The van der Waals surface area contributed by atoms with E-state index in [2.05, 4.69) is 0 Å². The van der Waals surface area contributed by atoms with Crippen LogP contribution in [0, 0.1) is 0 Å². The first-order chi connectivity index (χ1) is 5.24. The van der Waals surface area contributed by atoms with Crippen molar-refractivity contribution in [3.8, 4) is 0 Å². The average molecular weight is 155 g/mol. The Bertz CT molecular complexity index is 177. The second-order valence-electron chi connectivity index (χ2n) is 2.72. The van der Waals surface area contributed by atoms with Crippen molar-refractivity contribution in [2.24, 2.45) is 5.73 Å². The molecule has 0 bridgehead atoms. The quantitative estimate of drug-likeness (QED) is 0.469. The molecule has 0 heterocycles. The van der Waals surface area contributed by atoms with Crippen LogP contribution in [0.2, 0.25) is 0 Å². The summed E-state index contributed by atoms with van der Waals surface area (Å²) in [6, 6.07) is 0.0595. The Morgan fingerprint density at radius 1 is 1.64 bits per heavy atom. The lowest BCUT2D eigenvalue weighted by Crippen LogP contribution is -2.46. The summed E-state index contributed by atoms with van der Waals surface area (Å²) in [4.78, 5) is 10.8. The molecular weight excluding hydrogens is 142 g/mol. The van der Waals surface area contributed by atoms with E-state index in [0.29, 0.717) is 0 Å². The predicted octanol–water partition coefficient (Wildman–Crippen LogP) is 0.595. The maximum Gasteiger partial charge on any atom is 0.330 e. The Labute approximate surface area is 66.2 Å². The van der Waals surface area contributed by atoms with Gasteiger partial charge in [0, 0.05) is 12.1 Å². The van der Waals surface area contributed by atoms with Crippen LogP contribution in [-0.4, -0.2) is 18.1 Å². The van der Waals surface area contributed by atoms with Gasteiger partial charge in [0.2, 0.25) is 0 Å². The van der Waals surface area contributed by atoms with Crippen LogP contribution in [0.1, 0.15) is 19.8 Å². The number of carbonyl (C=O) groups excluding carboxylic acids is 1. The third-order valence-corrected chi connectivity index (χ3v) is 1.83. The molecule has 1 rings (SSSR count). The van der Waals surface area contributed by atoms with Crippen LogP contribution in [0.3, 0.4) is 0 Å². The van der Waals surface area contributed by atoms with Gasteiger partial charge in [-0.25, -0.2) is 4.79 Å². The molecule has 1 fully saturated rings. The normalized spacial score (nSPS) is 30.0. The standard InChI is InChI=1S/C8H13NO2/c1-2-3-8(10)11-7-5-4-6(7)9/h2-3,6-7H,4-5,9H2,1H3. The first-order valence-electron chi connectivity index (χ1n) is 3.83. The van der Waals surface area contributed by atoms with Crippen LogP contribution >= 0.6 is 0 Å². The third-order valence-electron chi connectivity index (χ3n) is 1.83. The van der Waals surface area contributed by atoms with Crippen molar-refractivity contribution < 1.29 is 9.53 Å². The summed E-state index contributed by atoms with van der Waals surface area (Å²) in [6.07, 6.45) is 4.90. The summed E-state index contributed by atoms with van der Waals surface area (Å²) in [7, 11) is 0. The highest BCUT2D eigenvalue weighted by Crippen LogP contribution is 2.21. The molecule has 3 nitrogen and oxygen atoms in total. The highest BCUT2D eigenvalue weighted by Gasteiger charge is 2.30. The van der Waals surface area contributed by atoms with Crippen molar-refractivity contribution in [2.45, 2.75) is 31.9 Å². The van der Waals surface area contributed by atoms with Crippen LogP contribution in [0.5, 0.6) is 0 Å². The largest absolute Gasteiger partial charge is 0.458 e. The van der Waals surface area contributed by atoms with Crippen molar-refractivity contribution in [3.63, 3.8) is 0 Å². The highest BCUT2D eigenvalue weighted by atomic mass is 16.5. The maximum absolute atomic E-state index is 10.8. The average Bonchev–Trinajstić information content (AvgIpc) is 1.98. The summed E-state index contributed by atoms with van der Waals surface area (Å²) in [5.41, 5.74) is 5.57. The van der Waals surface area contributed by atoms with Crippen LogP contribution in [0.25, 0.3) is 0 Å². The van der Waals surface area contributed by atoms with Crippen molar-refractivity contribution in [2.75, 3.05) is 0 Å². The molecule has 0 radical (unpaired) electrons. The number of carbonyl (C=O) groups is 1. The zero-order chi connectivity index (χ0) is 8.27. The second kappa shape index (κ2) is 3.53. The molecule has 0 spiro atoms. The van der Waals surface area contributed by atoms with E-state index >= 15 is 0 Å². The summed E-state index contributed by atoms with van der Waals surface area (Å²) in [6.45, 7) is 1.78. The van der Waals surface area contributed by atoms with Gasteiger partial charge in [-0.3, -0.25) is 0 Å². The summed E-state index contributed by atoms with van der Waals surface area (Å²) >= 11 is 0. The Balaban J connectivity index is 2.25. The van der Waals surface area contributed by atoms with E-state index in [4.69, 9.17) is 10.5 Å². The number of hydrogen-bond acceptors (Lipinski definition) is 3. The minimum Gasteiger partial charge on any atom is -0.458 e. The molecule has 2 unspecified atom stereocenters. The van der Waals surface area contributed by atoms with E-state index < -0.39 is 0 Å². The third kappa shape index (κ3) is 2.05. The molecule has 0 saturated heterocycles. The van der Waals surface area contributed by atoms with Gasteiger partial charge in [-0.2, -0.15) is 0 Å². The van der Waals surface area contributed by atoms with Crippen molar-refractivity contribution >= 4 is 5.97 Å². The van der Waals surface area contributed by atoms with E-state index in [0.717, 1.165) is 12.8 Å². The SMILES string of the molecule is CC=CC(=O)OC1CCC1N. The van der Waals surface area contributed by atoms with Gasteiger partial charge in [0.15, 0.2) is 0 Å². The number of nitrogens with two attached hydrogens (primary N) is 1. The maximum atomic E-state index is 10.8. The van der Waals surface area contributed by atoms with Crippen LogP contribution in [0.15, 0.2) is 12.2 Å². The molecule has 0 aromatic heterocycles. The number of esters is 1. The first kappa shape index (κ1) is 8.27. The molecule has 2 N–H and O–H groups in total.